The van der Waals surface area contributed by atoms with E-state index in [9.17, 15) is 14.4 Å². The summed E-state index contributed by atoms with van der Waals surface area (Å²) in [5.41, 5.74) is 2.36. The van der Waals surface area contributed by atoms with Gasteiger partial charge in [0.2, 0.25) is 0 Å². The van der Waals surface area contributed by atoms with Gasteiger partial charge in [0.1, 0.15) is 0 Å². The average Bonchev–Trinajstić information content (AvgIpc) is 3.19. The fourth-order valence-electron chi connectivity index (χ4n) is 3.49. The second-order valence-corrected chi connectivity index (χ2v) is 8.14. The summed E-state index contributed by atoms with van der Waals surface area (Å²) < 4.78 is 11.8. The summed E-state index contributed by atoms with van der Waals surface area (Å²) in [6.45, 7) is 1.51. The first-order chi connectivity index (χ1) is 16.5. The first-order valence-corrected chi connectivity index (χ1v) is 11.3. The number of ketones is 1. The van der Waals surface area contributed by atoms with Crippen molar-refractivity contribution in [2.45, 2.75) is 19.4 Å². The number of fused-ring (bicyclic) bond motifs is 1. The molecule has 34 heavy (non-hydrogen) atoms. The highest BCUT2D eigenvalue weighted by molar-refractivity contribution is 6.30. The van der Waals surface area contributed by atoms with Gasteiger partial charge in [-0.05, 0) is 60.9 Å². The van der Waals surface area contributed by atoms with Gasteiger partial charge in [0.25, 0.3) is 0 Å². The first-order valence-electron chi connectivity index (χ1n) is 10.9. The fraction of sp³-hybridized carbons (Fsp3) is 0.192. The minimum atomic E-state index is -0.810. The molecule has 4 rings (SSSR count). The maximum absolute atomic E-state index is 12.7. The lowest BCUT2D eigenvalue weighted by Gasteiger charge is -2.07. The maximum atomic E-state index is 12.7. The number of ether oxygens (including phenoxy) is 1. The Kier molecular flexibility index (Phi) is 7.57. The lowest BCUT2D eigenvalue weighted by molar-refractivity contribution is 0.103. The van der Waals surface area contributed by atoms with E-state index in [2.05, 4.69) is 5.32 Å². The summed E-state index contributed by atoms with van der Waals surface area (Å²) in [6, 6.07) is 20.4. The van der Waals surface area contributed by atoms with Crippen LogP contribution in [0.4, 0.5) is 4.79 Å². The van der Waals surface area contributed by atoms with Crippen LogP contribution in [0.3, 0.4) is 0 Å². The van der Waals surface area contributed by atoms with Crippen molar-refractivity contribution < 1.29 is 18.7 Å². The molecule has 0 radical (unpaired) electrons. The highest BCUT2D eigenvalue weighted by atomic mass is 35.5. The quantitative estimate of drug-likeness (QED) is 0.269. The molecule has 8 heteroatoms. The number of unbranched alkanes of at least 4 members (excludes halogenated alkanes) is 1. The molecule has 0 spiro atoms. The summed E-state index contributed by atoms with van der Waals surface area (Å²) >= 11 is 5.87. The number of aromatic nitrogens is 1. The second-order valence-electron chi connectivity index (χ2n) is 7.70. The number of halogens is 1. The highest BCUT2D eigenvalue weighted by Gasteiger charge is 2.18. The van der Waals surface area contributed by atoms with E-state index < -0.39 is 11.8 Å². The number of amides is 1. The predicted molar refractivity (Wildman–Crippen MR) is 129 cm³/mol. The van der Waals surface area contributed by atoms with Crippen molar-refractivity contribution in [3.8, 4) is 0 Å². The number of carbonyl (C=O) groups excluding carboxylic acids is 2. The van der Waals surface area contributed by atoms with E-state index in [-0.39, 0.29) is 11.4 Å². The minimum Gasteiger partial charge on any atom is -0.407 e. The molecule has 0 fully saturated rings. The van der Waals surface area contributed by atoms with Gasteiger partial charge < -0.3 is 14.5 Å². The van der Waals surface area contributed by atoms with E-state index in [0.29, 0.717) is 47.8 Å². The molecule has 0 unspecified atom stereocenters. The lowest BCUT2D eigenvalue weighted by atomic mass is 10.0. The van der Waals surface area contributed by atoms with Gasteiger partial charge in [-0.3, -0.25) is 4.79 Å². The zero-order valence-electron chi connectivity index (χ0n) is 18.3. The molecule has 0 bridgehead atoms. The molecular weight excluding hydrogens is 456 g/mol. The zero-order chi connectivity index (χ0) is 23.9. The number of hydrogen-bond donors (Lipinski definition) is 1. The van der Waals surface area contributed by atoms with Crippen molar-refractivity contribution in [1.29, 1.82) is 0 Å². The van der Waals surface area contributed by atoms with Gasteiger partial charge >= 0.3 is 11.8 Å². The Labute approximate surface area is 200 Å². The number of hydrogen-bond acceptors (Lipinski definition) is 5. The molecule has 1 amide bonds. The Balaban J connectivity index is 1.32. The first kappa shape index (κ1) is 23.5. The summed E-state index contributed by atoms with van der Waals surface area (Å²) in [6.07, 6.45) is 1.47. The monoisotopic (exact) mass is 478 g/mol. The third kappa shape index (κ3) is 5.62. The standard InChI is InChI=1S/C26H23ClN2O5/c27-21-11-8-19(9-12-21)24(30)20-10-13-22-23(16-20)34-26(32)29(22)25(31)28-14-4-5-15-33-17-18-6-2-1-3-7-18/h1-3,6-13,16H,4-5,14-15,17H2,(H,28,31). The van der Waals surface area contributed by atoms with Gasteiger partial charge in [-0.1, -0.05) is 41.9 Å². The Bertz CT molecular complexity index is 1340. The van der Waals surface area contributed by atoms with Gasteiger partial charge in [-0.15, -0.1) is 0 Å². The molecule has 4 aromatic rings. The molecule has 0 saturated carbocycles. The summed E-state index contributed by atoms with van der Waals surface area (Å²) in [5, 5.41) is 3.25. The summed E-state index contributed by atoms with van der Waals surface area (Å²) in [7, 11) is 0. The molecular formula is C26H23ClN2O5. The van der Waals surface area contributed by atoms with Gasteiger partial charge in [-0.25, -0.2) is 9.59 Å². The number of nitrogens with zero attached hydrogens (tertiary/aromatic N) is 1. The number of oxazole rings is 1. The molecule has 1 heterocycles. The van der Waals surface area contributed by atoms with Crippen LogP contribution in [0.1, 0.15) is 34.3 Å². The Morgan fingerprint density at radius 3 is 2.44 bits per heavy atom. The summed E-state index contributed by atoms with van der Waals surface area (Å²) in [4.78, 5) is 37.6. The predicted octanol–water partition coefficient (Wildman–Crippen LogP) is 5.03. The van der Waals surface area contributed by atoms with E-state index in [1.165, 1.54) is 12.1 Å². The van der Waals surface area contributed by atoms with Crippen molar-refractivity contribution in [2.24, 2.45) is 0 Å². The topological polar surface area (TPSA) is 90.5 Å². The van der Waals surface area contributed by atoms with Gasteiger partial charge in [0.15, 0.2) is 11.4 Å². The molecule has 0 aliphatic rings. The van der Waals surface area contributed by atoms with Crippen LogP contribution in [-0.4, -0.2) is 29.5 Å². The Morgan fingerprint density at radius 2 is 1.68 bits per heavy atom. The van der Waals surface area contributed by atoms with Crippen LogP contribution in [0.5, 0.6) is 0 Å². The maximum Gasteiger partial charge on any atom is 0.428 e. The largest absolute Gasteiger partial charge is 0.428 e. The third-order valence-electron chi connectivity index (χ3n) is 5.26. The van der Waals surface area contributed by atoms with Crippen LogP contribution in [0.2, 0.25) is 5.02 Å². The third-order valence-corrected chi connectivity index (χ3v) is 5.51. The van der Waals surface area contributed by atoms with Crippen LogP contribution in [0, 0.1) is 0 Å². The number of benzene rings is 3. The number of nitrogens with one attached hydrogen (secondary N) is 1. The molecule has 0 atom stereocenters. The normalized spacial score (nSPS) is 11.0. The zero-order valence-corrected chi connectivity index (χ0v) is 19.1. The molecule has 7 nitrogen and oxygen atoms in total. The number of carbonyl (C=O) groups is 2. The minimum absolute atomic E-state index is 0.161. The van der Waals surface area contributed by atoms with Crippen LogP contribution in [0.25, 0.3) is 11.1 Å². The van der Waals surface area contributed by atoms with Crippen LogP contribution < -0.4 is 11.1 Å². The molecule has 0 saturated heterocycles. The smallest absolute Gasteiger partial charge is 0.407 e. The Morgan fingerprint density at radius 1 is 0.941 bits per heavy atom. The highest BCUT2D eigenvalue weighted by Crippen LogP contribution is 2.19. The number of rotatable bonds is 9. The van der Waals surface area contributed by atoms with Crippen molar-refractivity contribution in [1.82, 2.24) is 9.88 Å². The van der Waals surface area contributed by atoms with Gasteiger partial charge in [0, 0.05) is 29.3 Å². The fourth-order valence-corrected chi connectivity index (χ4v) is 3.61. The van der Waals surface area contributed by atoms with Crippen LogP contribution in [-0.2, 0) is 11.3 Å². The lowest BCUT2D eigenvalue weighted by Crippen LogP contribution is -2.34. The SMILES string of the molecule is O=C(c1ccc(Cl)cc1)c1ccc2c(c1)oc(=O)n2C(=O)NCCCCOCc1ccccc1. The van der Waals surface area contributed by atoms with Crippen molar-refractivity contribution >= 4 is 34.5 Å². The van der Waals surface area contributed by atoms with E-state index in [0.717, 1.165) is 16.6 Å². The van der Waals surface area contributed by atoms with E-state index in [1.807, 2.05) is 30.3 Å². The molecule has 0 aliphatic heterocycles. The molecule has 0 aliphatic carbocycles. The van der Waals surface area contributed by atoms with Crippen molar-refractivity contribution in [3.63, 3.8) is 0 Å². The van der Waals surface area contributed by atoms with Crippen molar-refractivity contribution in [2.75, 3.05) is 13.2 Å². The molecule has 1 N–H and O–H groups in total. The molecule has 1 aromatic heterocycles. The van der Waals surface area contributed by atoms with E-state index in [4.69, 9.17) is 20.8 Å². The van der Waals surface area contributed by atoms with Crippen LogP contribution >= 0.6 is 11.6 Å². The van der Waals surface area contributed by atoms with E-state index >= 15 is 0 Å². The second kappa shape index (κ2) is 11.0. The van der Waals surface area contributed by atoms with Crippen molar-refractivity contribution in [3.05, 3.63) is 105 Å². The Hall–Kier alpha value is -3.68. The molecule has 174 valence electrons. The molecule has 3 aromatic carbocycles. The van der Waals surface area contributed by atoms with Gasteiger partial charge in [0.05, 0.1) is 12.1 Å². The summed E-state index contributed by atoms with van der Waals surface area (Å²) in [5.74, 6) is -1.05. The average molecular weight is 479 g/mol. The van der Waals surface area contributed by atoms with E-state index in [1.54, 1.807) is 30.3 Å². The van der Waals surface area contributed by atoms with Crippen LogP contribution in [0.15, 0.2) is 82.0 Å². The van der Waals surface area contributed by atoms with Gasteiger partial charge in [-0.2, -0.15) is 4.57 Å².